The second-order valence-corrected chi connectivity index (χ2v) is 5.47. The van der Waals surface area contributed by atoms with Crippen LogP contribution >= 0.6 is 0 Å². The van der Waals surface area contributed by atoms with Crippen LogP contribution in [0.15, 0.2) is 16.5 Å². The summed E-state index contributed by atoms with van der Waals surface area (Å²) in [7, 11) is 0. The van der Waals surface area contributed by atoms with Gasteiger partial charge < -0.3 is 14.4 Å². The van der Waals surface area contributed by atoms with Crippen LogP contribution in [-0.4, -0.2) is 33.4 Å². The molecule has 0 aliphatic carbocycles. The molecule has 1 amide bonds. The molecule has 1 N–H and O–H groups in total. The first-order valence-corrected chi connectivity index (χ1v) is 6.57. The second-order valence-electron chi connectivity index (χ2n) is 5.47. The molecule has 1 aromatic rings. The van der Waals surface area contributed by atoms with Gasteiger partial charge in [-0.3, -0.25) is 19.7 Å². The van der Waals surface area contributed by atoms with Gasteiger partial charge in [0.2, 0.25) is 5.91 Å². The van der Waals surface area contributed by atoms with E-state index >= 15 is 0 Å². The Kier molecular flexibility index (Phi) is 3.97. The molecule has 0 radical (unpaired) electrons. The zero-order chi connectivity index (χ0) is 15.7. The normalized spacial score (nSPS) is 22.0. The summed E-state index contributed by atoms with van der Waals surface area (Å²) in [5, 5.41) is 20.0. The maximum atomic E-state index is 12.0. The first kappa shape index (κ1) is 15.0. The number of carbonyl (C=O) groups is 2. The Hall–Kier alpha value is -2.38. The van der Waals surface area contributed by atoms with Crippen LogP contribution in [0.1, 0.15) is 32.1 Å². The Morgan fingerprint density at radius 3 is 2.71 bits per heavy atom. The lowest BCUT2D eigenvalue weighted by atomic mass is 9.98. The van der Waals surface area contributed by atoms with Crippen molar-refractivity contribution in [1.29, 1.82) is 0 Å². The number of rotatable bonds is 5. The number of amides is 1. The second kappa shape index (κ2) is 5.55. The molecule has 1 aliphatic rings. The highest BCUT2D eigenvalue weighted by Crippen LogP contribution is 2.40. The first-order chi connectivity index (χ1) is 9.81. The maximum absolute atomic E-state index is 12.0. The molecule has 1 fully saturated rings. The topological polar surface area (TPSA) is 114 Å². The molecule has 8 nitrogen and oxygen atoms in total. The van der Waals surface area contributed by atoms with Gasteiger partial charge in [0, 0.05) is 13.0 Å². The number of nitro groups is 1. The van der Waals surface area contributed by atoms with Crippen molar-refractivity contribution >= 4 is 17.8 Å². The zero-order valence-electron chi connectivity index (χ0n) is 11.7. The van der Waals surface area contributed by atoms with E-state index in [1.54, 1.807) is 0 Å². The molecule has 2 rings (SSSR count). The number of carbonyl (C=O) groups excluding carboxylic acids is 1. The number of likely N-dealkylation sites (tertiary alicyclic amines) is 1. The van der Waals surface area contributed by atoms with Crippen molar-refractivity contribution < 1.29 is 24.0 Å². The van der Waals surface area contributed by atoms with Gasteiger partial charge >= 0.3 is 11.9 Å². The third-order valence-electron chi connectivity index (χ3n) is 3.39. The Balaban J connectivity index is 2.38. The van der Waals surface area contributed by atoms with E-state index in [1.807, 2.05) is 13.8 Å². The van der Waals surface area contributed by atoms with Crippen LogP contribution in [0.2, 0.25) is 0 Å². The number of hydrogen-bond donors (Lipinski definition) is 1. The van der Waals surface area contributed by atoms with Crippen molar-refractivity contribution in [1.82, 2.24) is 4.90 Å². The van der Waals surface area contributed by atoms with Gasteiger partial charge in [-0.25, -0.2) is 0 Å². The van der Waals surface area contributed by atoms with Crippen LogP contribution in [0.3, 0.4) is 0 Å². The number of aliphatic carboxylic acids is 1. The van der Waals surface area contributed by atoms with Gasteiger partial charge in [-0.15, -0.1) is 0 Å². The van der Waals surface area contributed by atoms with E-state index in [4.69, 9.17) is 4.42 Å². The Morgan fingerprint density at radius 2 is 2.24 bits per heavy atom. The summed E-state index contributed by atoms with van der Waals surface area (Å²) >= 11 is 0. The molecule has 0 spiro atoms. The quantitative estimate of drug-likeness (QED) is 0.654. The van der Waals surface area contributed by atoms with Gasteiger partial charge in [0.05, 0.1) is 12.0 Å². The van der Waals surface area contributed by atoms with Crippen LogP contribution in [0.5, 0.6) is 0 Å². The molecular formula is C13H16N2O6. The van der Waals surface area contributed by atoms with Crippen molar-refractivity contribution in [3.05, 3.63) is 28.0 Å². The molecule has 1 aliphatic heterocycles. The number of carboxylic acids is 1. The predicted molar refractivity (Wildman–Crippen MR) is 70.4 cm³/mol. The highest BCUT2D eigenvalue weighted by Gasteiger charge is 2.46. The van der Waals surface area contributed by atoms with Gasteiger partial charge in [-0.1, -0.05) is 13.8 Å². The number of nitrogens with zero attached hydrogens (tertiary/aromatic N) is 2. The molecule has 2 atom stereocenters. The molecule has 0 bridgehead atoms. The van der Waals surface area contributed by atoms with Gasteiger partial charge in [0.25, 0.3) is 0 Å². The molecule has 0 saturated carbocycles. The van der Waals surface area contributed by atoms with Crippen molar-refractivity contribution in [3.63, 3.8) is 0 Å². The summed E-state index contributed by atoms with van der Waals surface area (Å²) in [5.74, 6) is -2.52. The van der Waals surface area contributed by atoms with Crippen molar-refractivity contribution in [2.45, 2.75) is 26.3 Å². The molecular weight excluding hydrogens is 280 g/mol. The summed E-state index contributed by atoms with van der Waals surface area (Å²) in [6, 6.07) is 1.74. The minimum Gasteiger partial charge on any atom is -0.481 e. The summed E-state index contributed by atoms with van der Waals surface area (Å²) < 4.78 is 5.11. The molecule has 21 heavy (non-hydrogen) atoms. The van der Waals surface area contributed by atoms with Crippen LogP contribution in [0, 0.1) is 22.0 Å². The summed E-state index contributed by atoms with van der Waals surface area (Å²) in [6.07, 6.45) is -0.124. The van der Waals surface area contributed by atoms with E-state index in [9.17, 15) is 24.8 Å². The van der Waals surface area contributed by atoms with Crippen molar-refractivity contribution in [3.8, 4) is 0 Å². The standard InChI is InChI=1S/C13H16N2O6/c1-7(2)6-14-10(16)5-8(13(17)18)12(14)9-3-4-11(21-9)15(19)20/h3-4,7-8,12H,5-6H2,1-2H3,(H,17,18). The predicted octanol–water partition coefficient (Wildman–Crippen LogP) is 1.82. The minimum absolute atomic E-state index is 0.124. The first-order valence-electron chi connectivity index (χ1n) is 6.57. The average Bonchev–Trinajstić information content (AvgIpc) is 2.95. The van der Waals surface area contributed by atoms with E-state index in [0.29, 0.717) is 6.54 Å². The Morgan fingerprint density at radius 1 is 1.57 bits per heavy atom. The molecule has 1 saturated heterocycles. The number of hydrogen-bond acceptors (Lipinski definition) is 5. The van der Waals surface area contributed by atoms with Crippen LogP contribution in [0.25, 0.3) is 0 Å². The third-order valence-corrected chi connectivity index (χ3v) is 3.39. The van der Waals surface area contributed by atoms with Crippen molar-refractivity contribution in [2.75, 3.05) is 6.54 Å². The largest absolute Gasteiger partial charge is 0.481 e. The van der Waals surface area contributed by atoms with E-state index < -0.39 is 28.7 Å². The molecule has 114 valence electrons. The molecule has 0 aromatic carbocycles. The Bertz CT molecular complexity index is 579. The van der Waals surface area contributed by atoms with E-state index in [-0.39, 0.29) is 24.0 Å². The smallest absolute Gasteiger partial charge is 0.433 e. The van der Waals surface area contributed by atoms with E-state index in [1.165, 1.54) is 17.0 Å². The lowest BCUT2D eigenvalue weighted by Crippen LogP contribution is -2.33. The van der Waals surface area contributed by atoms with Crippen LogP contribution < -0.4 is 0 Å². The monoisotopic (exact) mass is 296 g/mol. The number of carboxylic acid groups (broad SMARTS) is 1. The molecule has 8 heteroatoms. The summed E-state index contributed by atoms with van der Waals surface area (Å²) in [4.78, 5) is 34.8. The molecule has 2 heterocycles. The average molecular weight is 296 g/mol. The lowest BCUT2D eigenvalue weighted by Gasteiger charge is -2.26. The lowest BCUT2D eigenvalue weighted by molar-refractivity contribution is -0.402. The number of furan rings is 1. The van der Waals surface area contributed by atoms with Gasteiger partial charge in [0.15, 0.2) is 0 Å². The van der Waals surface area contributed by atoms with E-state index in [2.05, 4.69) is 0 Å². The van der Waals surface area contributed by atoms with Crippen LogP contribution in [-0.2, 0) is 9.59 Å². The fourth-order valence-corrected chi connectivity index (χ4v) is 2.57. The third kappa shape index (κ3) is 2.88. The van der Waals surface area contributed by atoms with E-state index in [0.717, 1.165) is 0 Å². The fourth-order valence-electron chi connectivity index (χ4n) is 2.57. The van der Waals surface area contributed by atoms with Gasteiger partial charge in [-0.2, -0.15) is 0 Å². The minimum atomic E-state index is -1.11. The zero-order valence-corrected chi connectivity index (χ0v) is 11.7. The van der Waals surface area contributed by atoms with Gasteiger partial charge in [-0.05, 0) is 12.0 Å². The summed E-state index contributed by atoms with van der Waals surface area (Å²) in [5.41, 5.74) is 0. The maximum Gasteiger partial charge on any atom is 0.433 e. The molecule has 2 unspecified atom stereocenters. The molecule has 1 aromatic heterocycles. The summed E-state index contributed by atoms with van der Waals surface area (Å²) in [6.45, 7) is 4.19. The fraction of sp³-hybridized carbons (Fsp3) is 0.538. The Labute approximate surface area is 120 Å². The highest BCUT2D eigenvalue weighted by atomic mass is 16.6. The van der Waals surface area contributed by atoms with Crippen molar-refractivity contribution in [2.24, 2.45) is 11.8 Å². The SMILES string of the molecule is CC(C)CN1C(=O)CC(C(=O)O)C1c1ccc([N+](=O)[O-])o1. The van der Waals surface area contributed by atoms with Crippen LogP contribution in [0.4, 0.5) is 5.88 Å². The highest BCUT2D eigenvalue weighted by molar-refractivity contribution is 5.87. The van der Waals surface area contributed by atoms with Gasteiger partial charge in [0.1, 0.15) is 16.7 Å².